The first-order valence-electron chi connectivity index (χ1n) is 9.84. The van der Waals surface area contributed by atoms with Gasteiger partial charge in [-0.15, -0.1) is 0 Å². The van der Waals surface area contributed by atoms with Gasteiger partial charge in [-0.1, -0.05) is 30.3 Å². The topological polar surface area (TPSA) is 82.1 Å². The Balaban J connectivity index is 1.60. The monoisotopic (exact) mass is 433 g/mol. The van der Waals surface area contributed by atoms with Gasteiger partial charge in [0.05, 0.1) is 10.9 Å². The summed E-state index contributed by atoms with van der Waals surface area (Å²) in [4.78, 5) is 30.9. The average Bonchev–Trinajstić information content (AvgIpc) is 3.14. The Hall–Kier alpha value is -4.20. The largest absolute Gasteiger partial charge is 0.454 e. The molecule has 5 rings (SSSR count). The van der Waals surface area contributed by atoms with Crippen molar-refractivity contribution < 1.29 is 13.2 Å². The molecule has 6 nitrogen and oxygen atoms in total. The minimum Gasteiger partial charge on any atom is -0.454 e. The molecule has 2 heterocycles. The van der Waals surface area contributed by atoms with E-state index in [2.05, 4.69) is 9.97 Å². The molecule has 0 aliphatic rings. The van der Waals surface area contributed by atoms with E-state index >= 15 is 0 Å². The fraction of sp³-hybridized carbons (Fsp3) is 0.0833. The number of hydrogen-bond acceptors (Lipinski definition) is 4. The van der Waals surface area contributed by atoms with Gasteiger partial charge in [-0.2, -0.15) is 0 Å². The van der Waals surface area contributed by atoms with Crippen molar-refractivity contribution in [3.05, 3.63) is 98.6 Å². The summed E-state index contributed by atoms with van der Waals surface area (Å²) in [5.41, 5.74) is 0.852. The van der Waals surface area contributed by atoms with Gasteiger partial charge in [0.25, 0.3) is 0 Å². The maximum atomic E-state index is 15.0. The molecular weight excluding hydrogens is 416 g/mol. The molecule has 5 aromatic rings. The zero-order valence-corrected chi connectivity index (χ0v) is 16.9. The van der Waals surface area contributed by atoms with Crippen molar-refractivity contribution in [2.45, 2.75) is 6.54 Å². The van der Waals surface area contributed by atoms with Gasteiger partial charge in [0.1, 0.15) is 28.6 Å². The third-order valence-corrected chi connectivity index (χ3v) is 5.33. The zero-order chi connectivity index (χ0) is 22.4. The molecule has 0 saturated heterocycles. The summed E-state index contributed by atoms with van der Waals surface area (Å²) >= 11 is 0. The van der Waals surface area contributed by atoms with E-state index in [4.69, 9.17) is 4.42 Å². The Kier molecular flexibility index (Phi) is 4.62. The summed E-state index contributed by atoms with van der Waals surface area (Å²) in [6.07, 6.45) is 0. The van der Waals surface area contributed by atoms with Crippen LogP contribution in [0, 0.1) is 11.6 Å². The molecule has 0 aliphatic carbocycles. The molecule has 0 aliphatic heterocycles. The van der Waals surface area contributed by atoms with E-state index in [1.165, 1.54) is 17.0 Å². The van der Waals surface area contributed by atoms with E-state index in [1.54, 1.807) is 13.1 Å². The molecule has 0 saturated carbocycles. The number of imidazole rings is 1. The van der Waals surface area contributed by atoms with E-state index in [-0.39, 0.29) is 28.0 Å². The number of aromatic nitrogens is 2. The van der Waals surface area contributed by atoms with Crippen molar-refractivity contribution in [3.8, 4) is 11.3 Å². The van der Waals surface area contributed by atoms with Gasteiger partial charge in [-0.3, -0.25) is 4.79 Å². The van der Waals surface area contributed by atoms with Crippen LogP contribution in [0.4, 0.5) is 14.5 Å². The molecule has 0 bridgehead atoms. The molecule has 0 fully saturated rings. The lowest BCUT2D eigenvalue weighted by molar-refractivity contribution is 0.573. The molecule has 32 heavy (non-hydrogen) atoms. The molecule has 160 valence electrons. The highest BCUT2D eigenvalue weighted by atomic mass is 19.1. The van der Waals surface area contributed by atoms with E-state index < -0.39 is 22.8 Å². The number of nitrogens with one attached hydrogen (secondary N) is 2. The average molecular weight is 433 g/mol. The number of hydrogen-bond donors (Lipinski definition) is 2. The molecule has 2 N–H and O–H groups in total. The quantitative estimate of drug-likeness (QED) is 0.436. The minimum atomic E-state index is -0.783. The van der Waals surface area contributed by atoms with Gasteiger partial charge < -0.3 is 19.3 Å². The van der Waals surface area contributed by atoms with Gasteiger partial charge in [0.2, 0.25) is 0 Å². The minimum absolute atomic E-state index is 0.00730. The molecule has 0 radical (unpaired) electrons. The Bertz CT molecular complexity index is 1560. The first kappa shape index (κ1) is 19.7. The molecule has 8 heteroatoms. The number of rotatable bonds is 4. The summed E-state index contributed by atoms with van der Waals surface area (Å²) < 4.78 is 35.8. The molecule has 0 amide bonds. The van der Waals surface area contributed by atoms with E-state index in [1.807, 2.05) is 30.3 Å². The van der Waals surface area contributed by atoms with Crippen molar-refractivity contribution in [3.63, 3.8) is 0 Å². The van der Waals surface area contributed by atoms with E-state index in [9.17, 15) is 18.4 Å². The van der Waals surface area contributed by atoms with Crippen LogP contribution in [0.1, 0.15) is 5.56 Å². The Labute approximate surface area is 179 Å². The lowest BCUT2D eigenvalue weighted by Crippen LogP contribution is -2.19. The van der Waals surface area contributed by atoms with Crippen molar-refractivity contribution in [2.75, 3.05) is 11.9 Å². The number of anilines is 1. The van der Waals surface area contributed by atoms with Gasteiger partial charge in [-0.25, -0.2) is 13.6 Å². The number of nitrogens with zero attached hydrogens (tertiary/aromatic N) is 1. The molecule has 0 atom stereocenters. The number of H-pyrrole nitrogens is 2. The van der Waals surface area contributed by atoms with Crippen LogP contribution in [0.3, 0.4) is 0 Å². The van der Waals surface area contributed by atoms with Crippen LogP contribution in [0.5, 0.6) is 0 Å². The fourth-order valence-electron chi connectivity index (χ4n) is 3.87. The van der Waals surface area contributed by atoms with Gasteiger partial charge in [-0.05, 0) is 29.8 Å². The Morgan fingerprint density at radius 2 is 1.66 bits per heavy atom. The van der Waals surface area contributed by atoms with Crippen LogP contribution in [0.25, 0.3) is 33.3 Å². The van der Waals surface area contributed by atoms with Gasteiger partial charge >= 0.3 is 5.69 Å². The molecular formula is C24H17F2N3O3. The molecule has 2 aromatic heterocycles. The Morgan fingerprint density at radius 3 is 2.38 bits per heavy atom. The second-order valence-electron chi connectivity index (χ2n) is 7.55. The maximum Gasteiger partial charge on any atom is 0.323 e. The molecule has 0 spiro atoms. The highest BCUT2D eigenvalue weighted by molar-refractivity contribution is 6.00. The highest BCUT2D eigenvalue weighted by Crippen LogP contribution is 2.31. The molecule has 3 aromatic carbocycles. The summed E-state index contributed by atoms with van der Waals surface area (Å²) in [5, 5.41) is 0.247. The molecule has 0 unspecified atom stereocenters. The smallest absolute Gasteiger partial charge is 0.323 e. The lowest BCUT2D eigenvalue weighted by atomic mass is 10.1. The number of aromatic amines is 2. The van der Waals surface area contributed by atoms with Crippen LogP contribution in [0.2, 0.25) is 0 Å². The maximum absolute atomic E-state index is 15.0. The highest BCUT2D eigenvalue weighted by Gasteiger charge is 2.19. The number of fused-ring (bicyclic) bond motifs is 3. The van der Waals surface area contributed by atoms with Crippen LogP contribution < -0.4 is 16.0 Å². The first-order chi connectivity index (χ1) is 15.4. The van der Waals surface area contributed by atoms with Crippen LogP contribution in [-0.2, 0) is 6.54 Å². The first-order valence-corrected chi connectivity index (χ1v) is 9.84. The third-order valence-electron chi connectivity index (χ3n) is 5.33. The zero-order valence-electron chi connectivity index (χ0n) is 16.9. The second-order valence-corrected chi connectivity index (χ2v) is 7.55. The van der Waals surface area contributed by atoms with Crippen molar-refractivity contribution in [2.24, 2.45) is 0 Å². The second kappa shape index (κ2) is 7.49. The predicted octanol–water partition coefficient (Wildman–Crippen LogP) is 4.54. The number of benzene rings is 3. The van der Waals surface area contributed by atoms with Crippen molar-refractivity contribution in [1.82, 2.24) is 9.97 Å². The van der Waals surface area contributed by atoms with E-state index in [0.29, 0.717) is 17.6 Å². The fourth-order valence-corrected chi connectivity index (χ4v) is 3.87. The standard InChI is InChI=1S/C24H17F2N3O3/c1-29(12-13-5-3-2-4-6-13)22-16(25)9-14(10-17(22)26)20-11-19(30)15-7-8-18-21(23(15)32-20)28-24(31)27-18/h2-11H,12H2,1H3,(H2,27,28,31). The predicted molar refractivity (Wildman–Crippen MR) is 119 cm³/mol. The SMILES string of the molecule is CN(Cc1ccccc1)c1c(F)cc(-c2cc(=O)c3ccc4[nH]c(=O)[nH]c4c3o2)cc1F. The normalized spacial score (nSPS) is 11.3. The summed E-state index contributed by atoms with van der Waals surface area (Å²) in [7, 11) is 1.60. The third kappa shape index (κ3) is 3.35. The van der Waals surface area contributed by atoms with Crippen LogP contribution in [0.15, 0.2) is 74.7 Å². The van der Waals surface area contributed by atoms with Crippen LogP contribution in [-0.4, -0.2) is 17.0 Å². The number of halogens is 2. The van der Waals surface area contributed by atoms with Crippen molar-refractivity contribution >= 4 is 27.7 Å². The van der Waals surface area contributed by atoms with Gasteiger partial charge in [0, 0.05) is 25.2 Å². The van der Waals surface area contributed by atoms with Gasteiger partial charge in [0.15, 0.2) is 11.0 Å². The summed E-state index contributed by atoms with van der Waals surface area (Å²) in [6.45, 7) is 0.317. The Morgan fingerprint density at radius 1 is 0.938 bits per heavy atom. The lowest BCUT2D eigenvalue weighted by Gasteiger charge is -2.21. The summed E-state index contributed by atoms with van der Waals surface area (Å²) in [5.74, 6) is -1.57. The summed E-state index contributed by atoms with van der Waals surface area (Å²) in [6, 6.07) is 15.9. The van der Waals surface area contributed by atoms with E-state index in [0.717, 1.165) is 17.7 Å². The van der Waals surface area contributed by atoms with Crippen LogP contribution >= 0.6 is 0 Å². The van der Waals surface area contributed by atoms with Crippen molar-refractivity contribution in [1.29, 1.82) is 0 Å².